The normalized spacial score (nSPS) is 43.1. The summed E-state index contributed by atoms with van der Waals surface area (Å²) in [5, 5.41) is 14.1. The van der Waals surface area contributed by atoms with Gasteiger partial charge in [-0.05, 0) is 61.1 Å². The second-order valence-electron chi connectivity index (χ2n) is 14.7. The zero-order chi connectivity index (χ0) is 36.5. The Morgan fingerprint density at radius 2 is 1.67 bits per heavy atom. The number of nitrogens with one attached hydrogen (secondary N) is 1. The molecule has 0 saturated carbocycles. The molecular weight excluding hydrogens is 628 g/mol. The number of aliphatic hydroxyl groups is 1. The predicted molar refractivity (Wildman–Crippen MR) is 172 cm³/mol. The lowest BCUT2D eigenvalue weighted by Crippen LogP contribution is -2.61. The topological polar surface area (TPSA) is 176 Å². The smallest absolute Gasteiger partial charge is 0.408 e. The van der Waals surface area contributed by atoms with Crippen molar-refractivity contribution in [2.24, 2.45) is 23.2 Å². The molecule has 3 saturated heterocycles. The molecule has 48 heavy (non-hydrogen) atoms. The third kappa shape index (κ3) is 7.57. The second-order valence-corrected chi connectivity index (χ2v) is 14.7. The molecule has 2 N–H and O–H groups in total. The van der Waals surface area contributed by atoms with Crippen LogP contribution < -0.4 is 5.32 Å². The highest BCUT2D eigenvalue weighted by molar-refractivity contribution is 6.07. The number of alkyl carbamates (subject to hydrolysis) is 1. The van der Waals surface area contributed by atoms with E-state index in [1.54, 1.807) is 41.5 Å². The number of hydrogen-bond acceptors (Lipinski definition) is 13. The van der Waals surface area contributed by atoms with Crippen LogP contribution >= 0.6 is 0 Å². The van der Waals surface area contributed by atoms with Gasteiger partial charge in [0.05, 0.1) is 37.4 Å². The minimum atomic E-state index is -2.08. The number of aliphatic hydroxyl groups excluding tert-OH is 1. The van der Waals surface area contributed by atoms with E-state index in [-0.39, 0.29) is 30.8 Å². The highest BCUT2D eigenvalue weighted by Gasteiger charge is 2.59. The summed E-state index contributed by atoms with van der Waals surface area (Å²) in [4.78, 5) is 70.3. The number of cyclic esters (lactones) is 1. The molecule has 0 aliphatic carbocycles. The van der Waals surface area contributed by atoms with Gasteiger partial charge in [0.25, 0.3) is 0 Å². The van der Waals surface area contributed by atoms with Crippen LogP contribution in [0.25, 0.3) is 0 Å². The van der Waals surface area contributed by atoms with E-state index in [4.69, 9.17) is 28.4 Å². The predicted octanol–water partition coefficient (Wildman–Crippen LogP) is 2.41. The Kier molecular flexibility index (Phi) is 12.5. The molecule has 0 aromatic rings. The Labute approximate surface area is 283 Å². The maximum atomic E-state index is 14.7. The minimum absolute atomic E-state index is 0.0536. The lowest BCUT2D eigenvalue weighted by Gasteiger charge is -2.47. The zero-order valence-electron chi connectivity index (χ0n) is 30.5. The molecule has 0 bridgehead atoms. The van der Waals surface area contributed by atoms with E-state index in [9.17, 15) is 29.1 Å². The van der Waals surface area contributed by atoms with E-state index in [1.807, 2.05) is 25.9 Å². The molecule has 0 radical (unpaired) electrons. The molecule has 274 valence electrons. The van der Waals surface area contributed by atoms with E-state index < -0.39 is 95.3 Å². The molecule has 0 spiro atoms. The van der Waals surface area contributed by atoms with E-state index in [2.05, 4.69) is 5.32 Å². The molecule has 0 aromatic carbocycles. The van der Waals surface area contributed by atoms with Crippen molar-refractivity contribution in [3.63, 3.8) is 0 Å². The summed E-state index contributed by atoms with van der Waals surface area (Å²) in [6.07, 6.45) is -5.59. The van der Waals surface area contributed by atoms with Gasteiger partial charge in [0.2, 0.25) is 0 Å². The highest BCUT2D eigenvalue weighted by Crippen LogP contribution is 2.42. The van der Waals surface area contributed by atoms with Crippen LogP contribution in [0.2, 0.25) is 0 Å². The maximum Gasteiger partial charge on any atom is 0.408 e. The number of hydrogen-bond donors (Lipinski definition) is 2. The van der Waals surface area contributed by atoms with Crippen molar-refractivity contribution < 1.29 is 57.5 Å². The van der Waals surface area contributed by atoms with E-state index in [0.717, 1.165) is 7.11 Å². The number of ether oxygens (including phenoxy) is 6. The SMILES string of the molecule is CC[C@H]1OC(=O)C(C)(CC(=O)OC)C(=O)[C@H](C)[C@@H](OC2O[C@H](C)C[C@H](N(C)C)[C@H]2O)[C@@](C)(OC)C[C@@H](C)C(=O)[C@H](C)C2NC(=O)OC21C. The van der Waals surface area contributed by atoms with Crippen LogP contribution in [0, 0.1) is 23.2 Å². The van der Waals surface area contributed by atoms with Crippen LogP contribution in [0.4, 0.5) is 4.79 Å². The largest absolute Gasteiger partial charge is 0.469 e. The monoisotopic (exact) mass is 684 g/mol. The molecule has 3 aliphatic rings. The first kappa shape index (κ1) is 39.8. The molecule has 1 amide bonds. The summed E-state index contributed by atoms with van der Waals surface area (Å²) in [5.74, 6) is -5.43. The summed E-state index contributed by atoms with van der Waals surface area (Å²) in [6, 6.07) is -1.22. The molecule has 3 fully saturated rings. The van der Waals surface area contributed by atoms with Crippen molar-refractivity contribution in [1.82, 2.24) is 10.2 Å². The summed E-state index contributed by atoms with van der Waals surface area (Å²) in [6.45, 7) is 13.1. The average Bonchev–Trinajstić information content (AvgIpc) is 3.35. The van der Waals surface area contributed by atoms with Crippen LogP contribution in [0.1, 0.15) is 81.1 Å². The summed E-state index contributed by atoms with van der Waals surface area (Å²) in [7, 11) is 6.24. The molecule has 3 heterocycles. The highest BCUT2D eigenvalue weighted by atomic mass is 16.7. The number of nitrogens with zero attached hydrogens (tertiary/aromatic N) is 1. The first-order chi connectivity index (χ1) is 22.2. The molecule has 0 aromatic heterocycles. The molecule has 14 heteroatoms. The van der Waals surface area contributed by atoms with E-state index in [0.29, 0.717) is 6.42 Å². The number of likely N-dealkylation sites (N-methyl/N-ethyl adjacent to an activating group) is 1. The van der Waals surface area contributed by atoms with Crippen LogP contribution in [0.5, 0.6) is 0 Å². The van der Waals surface area contributed by atoms with Gasteiger partial charge in [-0.1, -0.05) is 27.7 Å². The Hall–Kier alpha value is -2.65. The van der Waals surface area contributed by atoms with Crippen molar-refractivity contribution in [1.29, 1.82) is 0 Å². The first-order valence-electron chi connectivity index (χ1n) is 16.8. The third-order valence-corrected chi connectivity index (χ3v) is 10.8. The van der Waals surface area contributed by atoms with E-state index in [1.165, 1.54) is 14.0 Å². The number of fused-ring (bicyclic) bond motifs is 1. The lowest BCUT2D eigenvalue weighted by molar-refractivity contribution is -0.295. The van der Waals surface area contributed by atoms with Crippen LogP contribution in [-0.4, -0.2) is 122 Å². The summed E-state index contributed by atoms with van der Waals surface area (Å²) in [5.41, 5.74) is -4.93. The van der Waals surface area contributed by atoms with Crippen LogP contribution in [0.15, 0.2) is 0 Å². The number of rotatable bonds is 7. The Bertz CT molecular complexity index is 1230. The number of carbonyl (C=O) groups is 5. The van der Waals surface area contributed by atoms with Gasteiger partial charge in [-0.3, -0.25) is 19.2 Å². The van der Waals surface area contributed by atoms with Gasteiger partial charge in [-0.15, -0.1) is 0 Å². The molecular formula is C34H56N2O12. The number of carbonyl (C=O) groups excluding carboxylic acids is 5. The van der Waals surface area contributed by atoms with Gasteiger partial charge in [-0.25, -0.2) is 4.79 Å². The Morgan fingerprint density at radius 3 is 2.21 bits per heavy atom. The second kappa shape index (κ2) is 15.1. The number of ketones is 2. The van der Waals surface area contributed by atoms with Gasteiger partial charge in [0.1, 0.15) is 23.4 Å². The summed E-state index contributed by atoms with van der Waals surface area (Å²) >= 11 is 0. The van der Waals surface area contributed by atoms with Gasteiger partial charge in [-0.2, -0.15) is 0 Å². The fourth-order valence-electron chi connectivity index (χ4n) is 7.80. The molecule has 13 atom stereocenters. The van der Waals surface area contributed by atoms with Crippen molar-refractivity contribution >= 4 is 29.6 Å². The Morgan fingerprint density at radius 1 is 1.04 bits per heavy atom. The first-order valence-corrected chi connectivity index (χ1v) is 16.8. The fraction of sp³-hybridized carbons (Fsp3) is 0.853. The van der Waals surface area contributed by atoms with Crippen molar-refractivity contribution in [3.8, 4) is 0 Å². The third-order valence-electron chi connectivity index (χ3n) is 10.8. The van der Waals surface area contributed by atoms with Crippen molar-refractivity contribution in [3.05, 3.63) is 0 Å². The standard InChI is InChI=1S/C34H56N2O12/c1-13-22-34(8)26(35-31(42)48-34)19(4)24(38)17(2)15-33(7,44-12)28(47-29-25(39)21(36(9)10)14-18(3)45-29)20(5)27(40)32(6,30(41)46-22)16-23(37)43-11/h17-22,25-26,28-29,39H,13-16H2,1-12H3,(H,35,42)/t17-,18-,19+,20+,21+,22-,25-,26?,28-,29?,32?,33+,34?/m1/s1. The van der Waals surface area contributed by atoms with Gasteiger partial charge < -0.3 is 43.7 Å². The Balaban J connectivity index is 2.23. The minimum Gasteiger partial charge on any atom is -0.469 e. The number of esters is 2. The molecule has 14 nitrogen and oxygen atoms in total. The fourth-order valence-corrected chi connectivity index (χ4v) is 7.80. The van der Waals surface area contributed by atoms with Crippen molar-refractivity contribution in [2.75, 3.05) is 28.3 Å². The summed E-state index contributed by atoms with van der Waals surface area (Å²) < 4.78 is 35.3. The molecule has 3 rings (SSSR count). The lowest BCUT2D eigenvalue weighted by atomic mass is 9.70. The van der Waals surface area contributed by atoms with Crippen molar-refractivity contribution in [2.45, 2.75) is 135 Å². The zero-order valence-corrected chi connectivity index (χ0v) is 30.5. The molecule has 4 unspecified atom stereocenters. The average molecular weight is 685 g/mol. The van der Waals surface area contributed by atoms with E-state index >= 15 is 0 Å². The van der Waals surface area contributed by atoms with Gasteiger partial charge >= 0.3 is 18.0 Å². The van der Waals surface area contributed by atoms with Crippen LogP contribution in [-0.2, 0) is 47.6 Å². The van der Waals surface area contributed by atoms with Gasteiger partial charge in [0.15, 0.2) is 17.7 Å². The quantitative estimate of drug-likeness (QED) is 0.227. The molecule has 3 aliphatic heterocycles. The number of Topliss-reactive ketones (excluding diaryl/α,β-unsaturated/α-hetero) is 2. The maximum absolute atomic E-state index is 14.7. The van der Waals surface area contributed by atoms with Gasteiger partial charge in [0, 0.05) is 30.9 Å². The number of amides is 1. The van der Waals surface area contributed by atoms with Crippen LogP contribution in [0.3, 0.4) is 0 Å². The number of methoxy groups -OCH3 is 2.